The molecule has 0 bridgehead atoms. The predicted octanol–water partition coefficient (Wildman–Crippen LogP) is 3.57. The van der Waals surface area contributed by atoms with Crippen molar-refractivity contribution >= 4 is 37.6 Å². The van der Waals surface area contributed by atoms with Gasteiger partial charge in [-0.25, -0.2) is 17.5 Å². The summed E-state index contributed by atoms with van der Waals surface area (Å²) in [5, 5.41) is 0.00359. The number of sulfonamides is 1. The van der Waals surface area contributed by atoms with Crippen LogP contribution in [-0.4, -0.2) is 19.8 Å². The van der Waals surface area contributed by atoms with Gasteiger partial charge in [-0.3, -0.25) is 0 Å². The molecule has 0 saturated heterocycles. The lowest BCUT2D eigenvalue weighted by atomic mass is 10.1. The third-order valence-electron chi connectivity index (χ3n) is 2.40. The molecule has 0 heterocycles. The first-order chi connectivity index (χ1) is 8.72. The molecule has 0 saturated carbocycles. The number of nitrogens with one attached hydrogen (secondary N) is 1. The molecule has 0 aliphatic heterocycles. The summed E-state index contributed by atoms with van der Waals surface area (Å²) < 4.78 is 39.5. The first kappa shape index (κ1) is 16.9. The number of halogens is 3. The van der Waals surface area contributed by atoms with E-state index in [4.69, 9.17) is 11.6 Å². The van der Waals surface area contributed by atoms with Crippen LogP contribution < -0.4 is 4.72 Å². The molecule has 19 heavy (non-hydrogen) atoms. The second-order valence-corrected chi connectivity index (χ2v) is 8.09. The molecular weight excluding hydrogens is 357 g/mol. The van der Waals surface area contributed by atoms with Crippen LogP contribution in [0.4, 0.5) is 4.39 Å². The van der Waals surface area contributed by atoms with Crippen LogP contribution in [0, 0.1) is 11.7 Å². The van der Waals surface area contributed by atoms with Crippen LogP contribution in [0.5, 0.6) is 0 Å². The van der Waals surface area contributed by atoms with Crippen LogP contribution in [0.1, 0.15) is 20.3 Å². The molecule has 3 nitrogen and oxygen atoms in total. The van der Waals surface area contributed by atoms with E-state index in [9.17, 15) is 12.8 Å². The van der Waals surface area contributed by atoms with Crippen molar-refractivity contribution in [2.24, 2.45) is 5.92 Å². The van der Waals surface area contributed by atoms with Gasteiger partial charge in [-0.1, -0.05) is 41.4 Å². The van der Waals surface area contributed by atoms with Gasteiger partial charge >= 0.3 is 0 Å². The van der Waals surface area contributed by atoms with Crippen molar-refractivity contribution in [1.29, 1.82) is 0 Å². The van der Waals surface area contributed by atoms with Crippen molar-refractivity contribution in [3.63, 3.8) is 0 Å². The third-order valence-corrected chi connectivity index (χ3v) is 5.01. The molecule has 108 valence electrons. The van der Waals surface area contributed by atoms with E-state index in [0.29, 0.717) is 5.92 Å². The molecule has 1 aromatic carbocycles. The second kappa shape index (κ2) is 7.02. The highest BCUT2D eigenvalue weighted by Crippen LogP contribution is 2.22. The van der Waals surface area contributed by atoms with Crippen LogP contribution in [0.3, 0.4) is 0 Å². The highest BCUT2D eigenvalue weighted by atomic mass is 79.9. The zero-order valence-electron chi connectivity index (χ0n) is 10.7. The van der Waals surface area contributed by atoms with E-state index in [1.54, 1.807) is 0 Å². The number of hydrogen-bond acceptors (Lipinski definition) is 2. The van der Waals surface area contributed by atoms with Crippen LogP contribution in [0.25, 0.3) is 0 Å². The van der Waals surface area contributed by atoms with Gasteiger partial charge in [-0.05, 0) is 30.5 Å². The molecule has 1 atom stereocenters. The number of alkyl halides is 1. The molecule has 0 radical (unpaired) electrons. The summed E-state index contributed by atoms with van der Waals surface area (Å²) in [6, 6.07) is 3.26. The van der Waals surface area contributed by atoms with E-state index in [-0.39, 0.29) is 21.3 Å². The SMILES string of the molecule is CC(C)CC(Br)CNS(=O)(=O)c1cc(F)ccc1Cl. The molecule has 0 aliphatic rings. The molecule has 0 aliphatic carbocycles. The summed E-state index contributed by atoms with van der Waals surface area (Å²) in [7, 11) is -3.80. The van der Waals surface area contributed by atoms with E-state index >= 15 is 0 Å². The minimum atomic E-state index is -3.80. The molecule has 1 unspecified atom stereocenters. The maximum absolute atomic E-state index is 13.1. The molecule has 7 heteroatoms. The Morgan fingerprint density at radius 2 is 2.05 bits per heavy atom. The van der Waals surface area contributed by atoms with Crippen molar-refractivity contribution in [2.75, 3.05) is 6.54 Å². The minimum absolute atomic E-state index is 0.00359. The monoisotopic (exact) mass is 371 g/mol. The van der Waals surface area contributed by atoms with Gasteiger partial charge in [0.25, 0.3) is 0 Å². The lowest BCUT2D eigenvalue weighted by Crippen LogP contribution is -2.30. The maximum Gasteiger partial charge on any atom is 0.242 e. The summed E-state index contributed by atoms with van der Waals surface area (Å²) in [5.41, 5.74) is 0. The van der Waals surface area contributed by atoms with Crippen molar-refractivity contribution in [3.8, 4) is 0 Å². The van der Waals surface area contributed by atoms with Gasteiger partial charge in [0.15, 0.2) is 0 Å². The smallest absolute Gasteiger partial charge is 0.210 e. The lowest BCUT2D eigenvalue weighted by Gasteiger charge is -2.14. The maximum atomic E-state index is 13.1. The molecule has 1 rings (SSSR count). The zero-order valence-corrected chi connectivity index (χ0v) is 13.8. The van der Waals surface area contributed by atoms with Gasteiger partial charge < -0.3 is 0 Å². The van der Waals surface area contributed by atoms with Crippen molar-refractivity contribution < 1.29 is 12.8 Å². The van der Waals surface area contributed by atoms with Crippen LogP contribution in [0.15, 0.2) is 23.1 Å². The second-order valence-electron chi connectivity index (χ2n) is 4.65. The topological polar surface area (TPSA) is 46.2 Å². The van der Waals surface area contributed by atoms with Crippen LogP contribution in [-0.2, 0) is 10.0 Å². The van der Waals surface area contributed by atoms with E-state index in [0.717, 1.165) is 18.6 Å². The van der Waals surface area contributed by atoms with Crippen molar-refractivity contribution in [2.45, 2.75) is 30.0 Å². The van der Waals surface area contributed by atoms with Gasteiger partial charge in [0.1, 0.15) is 10.7 Å². The normalized spacial score (nSPS) is 13.8. The number of hydrogen-bond donors (Lipinski definition) is 1. The summed E-state index contributed by atoms with van der Waals surface area (Å²) >= 11 is 9.19. The minimum Gasteiger partial charge on any atom is -0.210 e. The Labute approximate surface area is 126 Å². The molecule has 0 spiro atoms. The Hall–Kier alpha value is -0.170. The molecular formula is C12H16BrClFNO2S. The largest absolute Gasteiger partial charge is 0.242 e. The van der Waals surface area contributed by atoms with Gasteiger partial charge in [0, 0.05) is 11.4 Å². The molecule has 0 amide bonds. The van der Waals surface area contributed by atoms with E-state index in [2.05, 4.69) is 20.7 Å². The average molecular weight is 373 g/mol. The molecule has 0 aromatic heterocycles. The molecule has 0 fully saturated rings. The fraction of sp³-hybridized carbons (Fsp3) is 0.500. The predicted molar refractivity (Wildman–Crippen MR) is 78.8 cm³/mol. The summed E-state index contributed by atoms with van der Waals surface area (Å²) in [4.78, 5) is -0.215. The highest BCUT2D eigenvalue weighted by molar-refractivity contribution is 9.09. The lowest BCUT2D eigenvalue weighted by molar-refractivity contribution is 0.550. The van der Waals surface area contributed by atoms with Crippen molar-refractivity contribution in [1.82, 2.24) is 4.72 Å². The highest BCUT2D eigenvalue weighted by Gasteiger charge is 2.20. The van der Waals surface area contributed by atoms with E-state index in [1.807, 2.05) is 13.8 Å². The van der Waals surface area contributed by atoms with Crippen LogP contribution >= 0.6 is 27.5 Å². The van der Waals surface area contributed by atoms with E-state index in [1.165, 1.54) is 6.07 Å². The average Bonchev–Trinajstić information content (AvgIpc) is 2.29. The Morgan fingerprint density at radius 3 is 2.63 bits per heavy atom. The van der Waals surface area contributed by atoms with Gasteiger partial charge in [-0.15, -0.1) is 0 Å². The van der Waals surface area contributed by atoms with Gasteiger partial charge in [0.05, 0.1) is 5.02 Å². The zero-order chi connectivity index (χ0) is 14.6. The van der Waals surface area contributed by atoms with Crippen LogP contribution in [0.2, 0.25) is 5.02 Å². The quantitative estimate of drug-likeness (QED) is 0.776. The Kier molecular flexibility index (Phi) is 6.23. The third kappa shape index (κ3) is 5.38. The molecule has 1 aromatic rings. The Bertz CT molecular complexity index is 537. The fourth-order valence-electron chi connectivity index (χ4n) is 1.56. The van der Waals surface area contributed by atoms with Gasteiger partial charge in [-0.2, -0.15) is 0 Å². The number of benzene rings is 1. The first-order valence-corrected chi connectivity index (χ1v) is 8.59. The Balaban J connectivity index is 2.79. The van der Waals surface area contributed by atoms with E-state index < -0.39 is 15.8 Å². The molecule has 1 N–H and O–H groups in total. The standard InChI is InChI=1S/C12H16BrClFNO2S/c1-8(2)5-9(13)7-16-19(17,18)12-6-10(15)3-4-11(12)14/h3-4,6,8-9,16H,5,7H2,1-2H3. The van der Waals surface area contributed by atoms with Crippen molar-refractivity contribution in [3.05, 3.63) is 29.0 Å². The summed E-state index contributed by atoms with van der Waals surface area (Å²) in [5.74, 6) is -0.186. The summed E-state index contributed by atoms with van der Waals surface area (Å²) in [6.45, 7) is 4.33. The fourth-order valence-corrected chi connectivity index (χ4v) is 4.27. The first-order valence-electron chi connectivity index (χ1n) is 5.81. The number of rotatable bonds is 6. The summed E-state index contributed by atoms with van der Waals surface area (Å²) in [6.07, 6.45) is 0.833. The Morgan fingerprint density at radius 1 is 1.42 bits per heavy atom. The van der Waals surface area contributed by atoms with Gasteiger partial charge in [0.2, 0.25) is 10.0 Å².